The number of carbonyl (C=O) groups excluding carboxylic acids is 1. The van der Waals surface area contributed by atoms with Gasteiger partial charge in [-0.1, -0.05) is 0 Å². The number of fused-ring (bicyclic) bond motifs is 1. The molecule has 7 nitrogen and oxygen atoms in total. The Morgan fingerprint density at radius 3 is 2.64 bits per heavy atom. The number of carbonyl (C=O) groups is 1. The molecule has 0 bridgehead atoms. The van der Waals surface area contributed by atoms with Crippen molar-refractivity contribution >= 4 is 17.4 Å². The lowest BCUT2D eigenvalue weighted by Gasteiger charge is -2.18. The lowest BCUT2D eigenvalue weighted by atomic mass is 10.1. The summed E-state index contributed by atoms with van der Waals surface area (Å²) < 4.78 is 6.85. The van der Waals surface area contributed by atoms with E-state index in [4.69, 9.17) is 4.74 Å². The number of hydrogen-bond donors (Lipinski definition) is 0. The third-order valence-electron chi connectivity index (χ3n) is 4.41. The van der Waals surface area contributed by atoms with Gasteiger partial charge in [0.05, 0.1) is 7.11 Å². The van der Waals surface area contributed by atoms with Crippen molar-refractivity contribution < 1.29 is 9.53 Å². The van der Waals surface area contributed by atoms with Crippen LogP contribution in [0.5, 0.6) is 5.75 Å². The molecule has 0 fully saturated rings. The SMILES string of the molecule is COc1ccc(N(C)C(=O)CCc2c(C)nc3ncnn3c2C)cc1. The van der Waals surface area contributed by atoms with Crippen LogP contribution in [-0.2, 0) is 11.2 Å². The van der Waals surface area contributed by atoms with Crippen molar-refractivity contribution in [2.45, 2.75) is 26.7 Å². The summed E-state index contributed by atoms with van der Waals surface area (Å²) in [7, 11) is 3.40. The minimum atomic E-state index is 0.0441. The van der Waals surface area contributed by atoms with Crippen LogP contribution in [-0.4, -0.2) is 39.6 Å². The summed E-state index contributed by atoms with van der Waals surface area (Å²) >= 11 is 0. The van der Waals surface area contributed by atoms with E-state index in [1.54, 1.807) is 23.6 Å². The first kappa shape index (κ1) is 16.9. The summed E-state index contributed by atoms with van der Waals surface area (Å²) in [6.07, 6.45) is 2.49. The molecule has 3 aromatic rings. The Kier molecular flexibility index (Phi) is 4.65. The Hall–Kier alpha value is -2.96. The molecule has 0 unspecified atom stereocenters. The van der Waals surface area contributed by atoms with Crippen LogP contribution >= 0.6 is 0 Å². The van der Waals surface area contributed by atoms with Crippen LogP contribution in [0.3, 0.4) is 0 Å². The zero-order valence-electron chi connectivity index (χ0n) is 14.9. The molecule has 0 radical (unpaired) electrons. The van der Waals surface area contributed by atoms with Crippen molar-refractivity contribution in [2.24, 2.45) is 0 Å². The number of amides is 1. The third-order valence-corrected chi connectivity index (χ3v) is 4.41. The second-order valence-corrected chi connectivity index (χ2v) is 5.88. The molecule has 2 heterocycles. The summed E-state index contributed by atoms with van der Waals surface area (Å²) in [6.45, 7) is 3.91. The number of rotatable bonds is 5. The van der Waals surface area contributed by atoms with Gasteiger partial charge in [-0.15, -0.1) is 0 Å². The molecule has 0 spiro atoms. The van der Waals surface area contributed by atoms with E-state index in [1.165, 1.54) is 6.33 Å². The fraction of sp³-hybridized carbons (Fsp3) is 0.333. The van der Waals surface area contributed by atoms with Crippen molar-refractivity contribution in [1.29, 1.82) is 0 Å². The van der Waals surface area contributed by atoms with Crippen LogP contribution < -0.4 is 9.64 Å². The normalized spacial score (nSPS) is 10.9. The van der Waals surface area contributed by atoms with E-state index in [0.717, 1.165) is 28.4 Å². The second-order valence-electron chi connectivity index (χ2n) is 5.88. The minimum Gasteiger partial charge on any atom is -0.497 e. The molecule has 0 saturated heterocycles. The first-order chi connectivity index (χ1) is 12.0. The van der Waals surface area contributed by atoms with Gasteiger partial charge in [-0.25, -0.2) is 9.50 Å². The predicted molar refractivity (Wildman–Crippen MR) is 95.0 cm³/mol. The Morgan fingerprint density at radius 2 is 1.96 bits per heavy atom. The molecule has 0 aliphatic heterocycles. The van der Waals surface area contributed by atoms with Gasteiger partial charge in [0.15, 0.2) is 0 Å². The monoisotopic (exact) mass is 339 g/mol. The van der Waals surface area contributed by atoms with Crippen molar-refractivity contribution in [3.8, 4) is 5.75 Å². The molecular weight excluding hydrogens is 318 g/mol. The fourth-order valence-corrected chi connectivity index (χ4v) is 2.87. The van der Waals surface area contributed by atoms with E-state index in [2.05, 4.69) is 15.1 Å². The third kappa shape index (κ3) is 3.31. The molecular formula is C18H21N5O2. The van der Waals surface area contributed by atoms with Crippen LogP contribution in [0, 0.1) is 13.8 Å². The van der Waals surface area contributed by atoms with Gasteiger partial charge in [0, 0.05) is 30.5 Å². The van der Waals surface area contributed by atoms with Gasteiger partial charge in [-0.3, -0.25) is 4.79 Å². The standard InChI is InChI=1S/C18H21N5O2/c1-12-16(13(2)23-18(21-12)19-11-20-23)9-10-17(24)22(3)14-5-7-15(25-4)8-6-14/h5-8,11H,9-10H2,1-4H3. The van der Waals surface area contributed by atoms with Gasteiger partial charge < -0.3 is 9.64 Å². The Morgan fingerprint density at radius 1 is 1.24 bits per heavy atom. The Labute approximate surface area is 146 Å². The Balaban J connectivity index is 1.73. The molecule has 7 heteroatoms. The summed E-state index contributed by atoms with van der Waals surface area (Å²) in [5.74, 6) is 1.39. The topological polar surface area (TPSA) is 72.6 Å². The van der Waals surface area contributed by atoms with E-state index in [9.17, 15) is 4.79 Å². The zero-order chi connectivity index (χ0) is 18.0. The number of aryl methyl sites for hydroxylation is 2. The average molecular weight is 339 g/mol. The highest BCUT2D eigenvalue weighted by atomic mass is 16.5. The van der Waals surface area contributed by atoms with E-state index < -0.39 is 0 Å². The lowest BCUT2D eigenvalue weighted by molar-refractivity contribution is -0.118. The van der Waals surface area contributed by atoms with Crippen molar-refractivity contribution in [2.75, 3.05) is 19.1 Å². The molecule has 3 rings (SSSR count). The molecule has 0 saturated carbocycles. The van der Waals surface area contributed by atoms with E-state index in [0.29, 0.717) is 18.6 Å². The van der Waals surface area contributed by atoms with Crippen LogP contribution in [0.1, 0.15) is 23.4 Å². The number of methoxy groups -OCH3 is 1. The van der Waals surface area contributed by atoms with Gasteiger partial charge in [-0.05, 0) is 50.1 Å². The lowest BCUT2D eigenvalue weighted by Crippen LogP contribution is -2.26. The van der Waals surface area contributed by atoms with Crippen molar-refractivity contribution in [1.82, 2.24) is 19.6 Å². The molecule has 0 atom stereocenters. The molecule has 2 aromatic heterocycles. The number of nitrogens with zero attached hydrogens (tertiary/aromatic N) is 5. The van der Waals surface area contributed by atoms with Gasteiger partial charge in [0.1, 0.15) is 12.1 Å². The fourth-order valence-electron chi connectivity index (χ4n) is 2.87. The molecule has 0 aliphatic carbocycles. The van der Waals surface area contributed by atoms with Crippen molar-refractivity contribution in [3.05, 3.63) is 47.5 Å². The minimum absolute atomic E-state index is 0.0441. The average Bonchev–Trinajstić information content (AvgIpc) is 3.09. The number of hydrogen-bond acceptors (Lipinski definition) is 5. The quantitative estimate of drug-likeness (QED) is 0.713. The maximum atomic E-state index is 12.5. The number of aromatic nitrogens is 4. The smallest absolute Gasteiger partial charge is 0.252 e. The first-order valence-corrected chi connectivity index (χ1v) is 8.07. The van der Waals surface area contributed by atoms with Crippen LogP contribution in [0.15, 0.2) is 30.6 Å². The molecule has 1 aromatic carbocycles. The van der Waals surface area contributed by atoms with E-state index >= 15 is 0 Å². The highest BCUT2D eigenvalue weighted by Gasteiger charge is 2.15. The van der Waals surface area contributed by atoms with Crippen molar-refractivity contribution in [3.63, 3.8) is 0 Å². The maximum Gasteiger partial charge on any atom is 0.252 e. The maximum absolute atomic E-state index is 12.5. The zero-order valence-corrected chi connectivity index (χ0v) is 14.9. The predicted octanol–water partition coefficient (Wildman–Crippen LogP) is 2.35. The summed E-state index contributed by atoms with van der Waals surface area (Å²) in [5.41, 5.74) is 3.73. The van der Waals surface area contributed by atoms with Crippen LogP contribution in [0.4, 0.5) is 5.69 Å². The molecule has 0 aliphatic rings. The summed E-state index contributed by atoms with van der Waals surface area (Å²) in [4.78, 5) is 22.8. The van der Waals surface area contributed by atoms with Crippen LogP contribution in [0.25, 0.3) is 5.78 Å². The first-order valence-electron chi connectivity index (χ1n) is 8.07. The Bertz CT molecular complexity index is 902. The van der Waals surface area contributed by atoms with Gasteiger partial charge in [-0.2, -0.15) is 10.1 Å². The highest BCUT2D eigenvalue weighted by molar-refractivity contribution is 5.93. The van der Waals surface area contributed by atoms with E-state index in [-0.39, 0.29) is 5.91 Å². The number of benzene rings is 1. The second kappa shape index (κ2) is 6.88. The number of anilines is 1. The van der Waals surface area contributed by atoms with Crippen LogP contribution in [0.2, 0.25) is 0 Å². The molecule has 1 amide bonds. The summed E-state index contributed by atoms with van der Waals surface area (Å²) in [5, 5.41) is 4.18. The van der Waals surface area contributed by atoms with Gasteiger partial charge in [0.2, 0.25) is 5.91 Å². The van der Waals surface area contributed by atoms with Gasteiger partial charge in [0.25, 0.3) is 5.78 Å². The summed E-state index contributed by atoms with van der Waals surface area (Å²) in [6, 6.07) is 7.43. The van der Waals surface area contributed by atoms with E-state index in [1.807, 2.05) is 38.1 Å². The highest BCUT2D eigenvalue weighted by Crippen LogP contribution is 2.20. The molecule has 25 heavy (non-hydrogen) atoms. The molecule has 0 N–H and O–H groups in total. The largest absolute Gasteiger partial charge is 0.497 e. The number of ether oxygens (including phenoxy) is 1. The van der Waals surface area contributed by atoms with Gasteiger partial charge >= 0.3 is 0 Å². The molecule has 130 valence electrons.